The molecule has 0 spiro atoms. The van der Waals surface area contributed by atoms with Crippen molar-refractivity contribution >= 4 is 5.97 Å². The molecule has 16 heavy (non-hydrogen) atoms. The summed E-state index contributed by atoms with van der Waals surface area (Å²) in [6, 6.07) is 0. The third kappa shape index (κ3) is 3.42. The second kappa shape index (κ2) is 5.10. The van der Waals surface area contributed by atoms with Gasteiger partial charge in [-0.05, 0) is 20.8 Å². The average Bonchev–Trinajstić information content (AvgIpc) is 2.54. The van der Waals surface area contributed by atoms with E-state index in [1.165, 1.54) is 7.11 Å². The molecule has 1 saturated heterocycles. The molecule has 94 valence electrons. The molecule has 1 rings (SSSR count). The third-order valence-electron chi connectivity index (χ3n) is 2.40. The molecule has 3 atom stereocenters. The first-order valence-electron chi connectivity index (χ1n) is 5.34. The van der Waals surface area contributed by atoms with Gasteiger partial charge in [0.1, 0.15) is 18.9 Å². The lowest BCUT2D eigenvalue weighted by molar-refractivity contribution is -0.164. The van der Waals surface area contributed by atoms with Crippen LogP contribution in [0, 0.1) is 5.41 Å². The first-order chi connectivity index (χ1) is 7.34. The summed E-state index contributed by atoms with van der Waals surface area (Å²) in [5.74, 6) is -0.357. The minimum atomic E-state index is -1.14. The largest absolute Gasteiger partial charge is 0.462 e. The molecule has 0 aliphatic carbocycles. The number of halogens is 1. The number of carbonyl (C=O) groups is 1. The van der Waals surface area contributed by atoms with Crippen molar-refractivity contribution in [2.45, 2.75) is 45.8 Å². The molecular formula is C11H19FO4. The predicted octanol–water partition coefficient (Wildman–Crippen LogP) is 1.68. The maximum atomic E-state index is 13.4. The zero-order chi connectivity index (χ0) is 12.3. The zero-order valence-electron chi connectivity index (χ0n) is 10.2. The van der Waals surface area contributed by atoms with E-state index in [1.807, 2.05) is 0 Å². The minimum absolute atomic E-state index is 0.0584. The van der Waals surface area contributed by atoms with Crippen LogP contribution in [0.25, 0.3) is 0 Å². The van der Waals surface area contributed by atoms with E-state index >= 15 is 0 Å². The summed E-state index contributed by atoms with van der Waals surface area (Å²) in [5, 5.41) is 0. The van der Waals surface area contributed by atoms with Gasteiger partial charge in [-0.25, -0.2) is 4.39 Å². The van der Waals surface area contributed by atoms with Gasteiger partial charge in [-0.2, -0.15) is 0 Å². The van der Waals surface area contributed by atoms with E-state index in [1.54, 1.807) is 20.8 Å². The lowest BCUT2D eigenvalue weighted by Gasteiger charge is -2.19. The summed E-state index contributed by atoms with van der Waals surface area (Å²) in [7, 11) is 1.46. The number of methoxy groups -OCH3 is 1. The van der Waals surface area contributed by atoms with Crippen LogP contribution in [0.5, 0.6) is 0 Å². The van der Waals surface area contributed by atoms with Gasteiger partial charge >= 0.3 is 5.97 Å². The Morgan fingerprint density at radius 1 is 1.50 bits per heavy atom. The Morgan fingerprint density at radius 3 is 2.56 bits per heavy atom. The highest BCUT2D eigenvalue weighted by Crippen LogP contribution is 2.24. The van der Waals surface area contributed by atoms with Crippen LogP contribution in [0.2, 0.25) is 0 Å². The molecule has 0 aromatic rings. The normalized spacial score (nSPS) is 30.4. The molecule has 1 aliphatic rings. The molecule has 0 saturated carbocycles. The highest BCUT2D eigenvalue weighted by Gasteiger charge is 2.37. The summed E-state index contributed by atoms with van der Waals surface area (Å²) in [4.78, 5) is 11.4. The number of esters is 1. The van der Waals surface area contributed by atoms with Crippen molar-refractivity contribution in [1.29, 1.82) is 0 Å². The Hall–Kier alpha value is -0.680. The fourth-order valence-electron chi connectivity index (χ4n) is 1.34. The summed E-state index contributed by atoms with van der Waals surface area (Å²) < 4.78 is 28.5. The topological polar surface area (TPSA) is 44.8 Å². The Kier molecular flexibility index (Phi) is 4.27. The molecule has 1 heterocycles. The van der Waals surface area contributed by atoms with E-state index in [4.69, 9.17) is 14.2 Å². The second-order valence-electron chi connectivity index (χ2n) is 4.94. The van der Waals surface area contributed by atoms with Crippen LogP contribution in [0.15, 0.2) is 0 Å². The van der Waals surface area contributed by atoms with Crippen LogP contribution in [0.4, 0.5) is 4.39 Å². The van der Waals surface area contributed by atoms with Crippen molar-refractivity contribution in [2.24, 2.45) is 5.41 Å². The van der Waals surface area contributed by atoms with E-state index in [9.17, 15) is 9.18 Å². The molecule has 0 unspecified atom stereocenters. The van der Waals surface area contributed by atoms with E-state index < -0.39 is 24.0 Å². The Labute approximate surface area is 95.1 Å². The smallest absolute Gasteiger partial charge is 0.311 e. The maximum absolute atomic E-state index is 13.4. The van der Waals surface area contributed by atoms with Gasteiger partial charge in [-0.15, -0.1) is 0 Å². The summed E-state index contributed by atoms with van der Waals surface area (Å²) in [6.45, 7) is 5.18. The second-order valence-corrected chi connectivity index (χ2v) is 4.94. The van der Waals surface area contributed by atoms with Gasteiger partial charge in [0.2, 0.25) is 0 Å². The third-order valence-corrected chi connectivity index (χ3v) is 2.40. The molecule has 1 fully saturated rings. The van der Waals surface area contributed by atoms with Crippen LogP contribution in [0.1, 0.15) is 27.2 Å². The fraction of sp³-hybridized carbons (Fsp3) is 0.909. The fourth-order valence-corrected chi connectivity index (χ4v) is 1.34. The summed E-state index contributed by atoms with van der Waals surface area (Å²) in [6.07, 6.45) is -2.20. The highest BCUT2D eigenvalue weighted by molar-refractivity contribution is 5.75. The molecule has 0 bridgehead atoms. The summed E-state index contributed by atoms with van der Waals surface area (Å²) in [5.41, 5.74) is -0.578. The molecule has 0 aromatic heterocycles. The standard InChI is InChI=1S/C11H19FO4/c1-11(2,3)10(13)15-6-8-7(12)5-9(14-4)16-8/h7-9H,5-6H2,1-4H3/t7-,8-,9+/m1/s1. The SMILES string of the molecule is CO[C@@H]1C[C@@H](F)[C@@H](COC(=O)C(C)(C)C)O1. The van der Waals surface area contributed by atoms with Gasteiger partial charge in [0, 0.05) is 13.5 Å². The average molecular weight is 234 g/mol. The van der Waals surface area contributed by atoms with E-state index in [-0.39, 0.29) is 19.0 Å². The Bertz CT molecular complexity index is 249. The van der Waals surface area contributed by atoms with Gasteiger partial charge in [-0.1, -0.05) is 0 Å². The van der Waals surface area contributed by atoms with Crippen molar-refractivity contribution in [3.05, 3.63) is 0 Å². The van der Waals surface area contributed by atoms with Gasteiger partial charge < -0.3 is 14.2 Å². The van der Waals surface area contributed by atoms with Crippen LogP contribution in [0.3, 0.4) is 0 Å². The first kappa shape index (κ1) is 13.4. The summed E-state index contributed by atoms with van der Waals surface area (Å²) >= 11 is 0. The van der Waals surface area contributed by atoms with Crippen LogP contribution < -0.4 is 0 Å². The van der Waals surface area contributed by atoms with E-state index in [0.29, 0.717) is 0 Å². The maximum Gasteiger partial charge on any atom is 0.311 e. The van der Waals surface area contributed by atoms with Crippen molar-refractivity contribution in [2.75, 3.05) is 13.7 Å². The molecule has 4 nitrogen and oxygen atoms in total. The molecule has 0 radical (unpaired) electrons. The minimum Gasteiger partial charge on any atom is -0.462 e. The zero-order valence-corrected chi connectivity index (χ0v) is 10.2. The molecule has 5 heteroatoms. The van der Waals surface area contributed by atoms with Crippen molar-refractivity contribution in [3.63, 3.8) is 0 Å². The van der Waals surface area contributed by atoms with Crippen molar-refractivity contribution in [1.82, 2.24) is 0 Å². The molecule has 0 aromatic carbocycles. The quantitative estimate of drug-likeness (QED) is 0.697. The van der Waals surface area contributed by atoms with Gasteiger partial charge in [0.15, 0.2) is 6.29 Å². The lowest BCUT2D eigenvalue weighted by atomic mass is 9.97. The number of hydrogen-bond donors (Lipinski definition) is 0. The number of carbonyl (C=O) groups excluding carboxylic acids is 1. The van der Waals surface area contributed by atoms with E-state index in [2.05, 4.69) is 0 Å². The van der Waals surface area contributed by atoms with Gasteiger partial charge in [-0.3, -0.25) is 4.79 Å². The molecule has 0 amide bonds. The predicted molar refractivity (Wildman–Crippen MR) is 55.6 cm³/mol. The molecular weight excluding hydrogens is 215 g/mol. The number of hydrogen-bond acceptors (Lipinski definition) is 4. The van der Waals surface area contributed by atoms with Gasteiger partial charge in [0.05, 0.1) is 5.41 Å². The Balaban J connectivity index is 2.36. The highest BCUT2D eigenvalue weighted by atomic mass is 19.1. The number of ether oxygens (including phenoxy) is 3. The van der Waals surface area contributed by atoms with Crippen LogP contribution in [-0.4, -0.2) is 38.3 Å². The lowest BCUT2D eigenvalue weighted by Crippen LogP contribution is -2.30. The number of rotatable bonds is 3. The number of alkyl halides is 1. The Morgan fingerprint density at radius 2 is 2.12 bits per heavy atom. The first-order valence-corrected chi connectivity index (χ1v) is 5.34. The molecule has 1 aliphatic heterocycles. The monoisotopic (exact) mass is 234 g/mol. The van der Waals surface area contributed by atoms with Crippen LogP contribution in [-0.2, 0) is 19.0 Å². The van der Waals surface area contributed by atoms with Crippen molar-refractivity contribution in [3.8, 4) is 0 Å². The van der Waals surface area contributed by atoms with E-state index in [0.717, 1.165) is 0 Å². The van der Waals surface area contributed by atoms with Crippen LogP contribution >= 0.6 is 0 Å². The van der Waals surface area contributed by atoms with Gasteiger partial charge in [0.25, 0.3) is 0 Å². The van der Waals surface area contributed by atoms with Crippen molar-refractivity contribution < 1.29 is 23.4 Å². The molecule has 0 N–H and O–H groups in total.